The van der Waals surface area contributed by atoms with Gasteiger partial charge in [0, 0.05) is 19.2 Å². The van der Waals surface area contributed by atoms with E-state index in [9.17, 15) is 4.79 Å². The zero-order valence-electron chi connectivity index (χ0n) is 12.9. The zero-order valence-corrected chi connectivity index (χ0v) is 13.7. The molecule has 116 valence electrons. The van der Waals surface area contributed by atoms with Crippen LogP contribution < -0.4 is 16.4 Å². The largest absolute Gasteiger partial charge is 0.397 e. The summed E-state index contributed by atoms with van der Waals surface area (Å²) in [5, 5.41) is 7.45. The van der Waals surface area contributed by atoms with Gasteiger partial charge in [-0.05, 0) is 43.4 Å². The predicted molar refractivity (Wildman–Crippen MR) is 89.2 cm³/mol. The van der Waals surface area contributed by atoms with Crippen LogP contribution in [0.4, 0.5) is 10.7 Å². The van der Waals surface area contributed by atoms with E-state index in [0.717, 1.165) is 11.5 Å². The molecule has 5 heteroatoms. The minimum absolute atomic E-state index is 0.0682. The van der Waals surface area contributed by atoms with Crippen LogP contribution in [-0.4, -0.2) is 19.5 Å². The molecule has 4 N–H and O–H groups in total. The highest BCUT2D eigenvalue weighted by Crippen LogP contribution is 2.51. The van der Waals surface area contributed by atoms with Crippen molar-refractivity contribution < 1.29 is 4.79 Å². The summed E-state index contributed by atoms with van der Waals surface area (Å²) >= 11 is 1.52. The Balaban J connectivity index is 1.81. The maximum atomic E-state index is 12.0. The Morgan fingerprint density at radius 1 is 1.43 bits per heavy atom. The van der Waals surface area contributed by atoms with Gasteiger partial charge in [0.25, 0.3) is 5.91 Å². The highest BCUT2D eigenvalue weighted by molar-refractivity contribution is 7.18. The van der Waals surface area contributed by atoms with Crippen LogP contribution in [0.3, 0.4) is 0 Å². The van der Waals surface area contributed by atoms with E-state index in [2.05, 4.69) is 17.6 Å². The molecule has 0 unspecified atom stereocenters. The summed E-state index contributed by atoms with van der Waals surface area (Å²) in [4.78, 5) is 12.6. The fraction of sp³-hybridized carbons (Fsp3) is 0.688. The number of rotatable bonds is 6. The van der Waals surface area contributed by atoms with Gasteiger partial charge < -0.3 is 16.4 Å². The van der Waals surface area contributed by atoms with Crippen LogP contribution in [0, 0.1) is 5.41 Å². The number of nitrogens with one attached hydrogen (secondary N) is 2. The number of nitrogen functional groups attached to an aromatic ring is 1. The summed E-state index contributed by atoms with van der Waals surface area (Å²) < 4.78 is 0. The Kier molecular flexibility index (Phi) is 3.86. The van der Waals surface area contributed by atoms with Crippen LogP contribution in [0.2, 0.25) is 0 Å². The molecule has 0 radical (unpaired) electrons. The van der Waals surface area contributed by atoms with Crippen molar-refractivity contribution in [3.63, 3.8) is 0 Å². The van der Waals surface area contributed by atoms with Gasteiger partial charge in [-0.2, -0.15) is 0 Å². The number of hydrogen-bond donors (Lipinski definition) is 3. The van der Waals surface area contributed by atoms with Gasteiger partial charge in [-0.25, -0.2) is 0 Å². The lowest BCUT2D eigenvalue weighted by molar-refractivity contribution is 0.0968. The molecular weight excluding hydrogens is 282 g/mol. The molecule has 2 fully saturated rings. The molecule has 2 aliphatic rings. The molecule has 0 bridgehead atoms. The van der Waals surface area contributed by atoms with Gasteiger partial charge in [0.15, 0.2) is 0 Å². The molecule has 0 spiro atoms. The number of thiophene rings is 1. The fourth-order valence-electron chi connectivity index (χ4n) is 3.25. The molecule has 21 heavy (non-hydrogen) atoms. The Labute approximate surface area is 130 Å². The number of nitrogens with two attached hydrogens (primary N) is 1. The molecule has 0 atom stereocenters. The quantitative estimate of drug-likeness (QED) is 0.753. The number of hydrogen-bond acceptors (Lipinski definition) is 4. The van der Waals surface area contributed by atoms with E-state index in [4.69, 9.17) is 5.73 Å². The Hall–Kier alpha value is -1.23. The minimum atomic E-state index is -0.0682. The number of anilines is 2. The normalized spacial score (nSPS) is 19.9. The van der Waals surface area contributed by atoms with E-state index in [1.807, 2.05) is 0 Å². The first-order valence-electron chi connectivity index (χ1n) is 7.98. The van der Waals surface area contributed by atoms with Gasteiger partial charge >= 0.3 is 0 Å². The monoisotopic (exact) mass is 307 g/mol. The SMILES string of the molecule is CCC1(CNc2sc(C(=O)NC)c(N)c2C2CC2)CCC1. The molecule has 4 nitrogen and oxygen atoms in total. The molecular formula is C16H25N3OS. The van der Waals surface area contributed by atoms with Crippen molar-refractivity contribution in [3.05, 3.63) is 10.4 Å². The standard InChI is InChI=1S/C16H25N3OS/c1-3-16(7-4-8-16)9-19-15-11(10-5-6-10)12(17)13(21-15)14(20)18-2/h10,19H,3-9,17H2,1-2H3,(H,18,20). The van der Waals surface area contributed by atoms with Gasteiger partial charge in [0.05, 0.1) is 10.7 Å². The molecule has 1 aromatic rings. The topological polar surface area (TPSA) is 67.2 Å². The van der Waals surface area contributed by atoms with Crippen LogP contribution in [0.5, 0.6) is 0 Å². The first-order chi connectivity index (χ1) is 10.1. The summed E-state index contributed by atoms with van der Waals surface area (Å²) in [7, 11) is 1.66. The van der Waals surface area contributed by atoms with Crippen molar-refractivity contribution in [3.8, 4) is 0 Å². The van der Waals surface area contributed by atoms with E-state index in [-0.39, 0.29) is 5.91 Å². The first kappa shape index (κ1) is 14.7. The third kappa shape index (κ3) is 2.63. The predicted octanol–water partition coefficient (Wildman–Crippen LogP) is 3.56. The minimum Gasteiger partial charge on any atom is -0.397 e. The van der Waals surface area contributed by atoms with Gasteiger partial charge in [0.1, 0.15) is 4.88 Å². The molecule has 1 aromatic heterocycles. The smallest absolute Gasteiger partial charge is 0.263 e. The van der Waals surface area contributed by atoms with Crippen molar-refractivity contribution in [2.75, 3.05) is 24.6 Å². The van der Waals surface area contributed by atoms with Crippen molar-refractivity contribution in [2.24, 2.45) is 5.41 Å². The van der Waals surface area contributed by atoms with E-state index in [1.54, 1.807) is 7.05 Å². The lowest BCUT2D eigenvalue weighted by atomic mass is 9.67. The first-order valence-corrected chi connectivity index (χ1v) is 8.80. The van der Waals surface area contributed by atoms with Gasteiger partial charge in [-0.3, -0.25) is 4.79 Å². The van der Waals surface area contributed by atoms with Crippen molar-refractivity contribution >= 4 is 27.9 Å². The maximum absolute atomic E-state index is 12.0. The summed E-state index contributed by atoms with van der Waals surface area (Å²) in [5.74, 6) is 0.488. The third-order valence-corrected chi connectivity index (χ3v) is 6.37. The Morgan fingerprint density at radius 2 is 2.14 bits per heavy atom. The summed E-state index contributed by atoms with van der Waals surface area (Å²) in [6, 6.07) is 0. The van der Waals surface area contributed by atoms with Crippen LogP contribution in [0.1, 0.15) is 66.6 Å². The van der Waals surface area contributed by atoms with Gasteiger partial charge in [0.2, 0.25) is 0 Å². The van der Waals surface area contributed by atoms with Crippen LogP contribution in [0.25, 0.3) is 0 Å². The average molecular weight is 307 g/mol. The Morgan fingerprint density at radius 3 is 2.62 bits per heavy atom. The second-order valence-corrected chi connectivity index (χ2v) is 7.52. The molecule has 0 aromatic carbocycles. The summed E-state index contributed by atoms with van der Waals surface area (Å²) in [6.45, 7) is 3.29. The molecule has 0 saturated heterocycles. The van der Waals surface area contributed by atoms with Gasteiger partial charge in [-0.15, -0.1) is 11.3 Å². The second-order valence-electron chi connectivity index (χ2n) is 6.50. The lowest BCUT2D eigenvalue weighted by Crippen LogP contribution is -2.35. The summed E-state index contributed by atoms with van der Waals surface area (Å²) in [5.41, 5.74) is 8.61. The number of amides is 1. The van der Waals surface area contributed by atoms with Crippen LogP contribution in [-0.2, 0) is 0 Å². The Bertz CT molecular complexity index is 538. The average Bonchev–Trinajstić information content (AvgIpc) is 3.22. The molecule has 2 aliphatic carbocycles. The zero-order chi connectivity index (χ0) is 15.0. The highest BCUT2D eigenvalue weighted by Gasteiger charge is 2.37. The third-order valence-electron chi connectivity index (χ3n) is 5.19. The van der Waals surface area contributed by atoms with Crippen molar-refractivity contribution in [2.45, 2.75) is 51.4 Å². The maximum Gasteiger partial charge on any atom is 0.263 e. The lowest BCUT2D eigenvalue weighted by Gasteiger charge is -2.41. The molecule has 0 aliphatic heterocycles. The van der Waals surface area contributed by atoms with E-state index >= 15 is 0 Å². The second kappa shape index (κ2) is 5.52. The van der Waals surface area contributed by atoms with Crippen molar-refractivity contribution in [1.29, 1.82) is 0 Å². The number of carbonyl (C=O) groups excluding carboxylic acids is 1. The van der Waals surface area contributed by atoms with E-state index in [1.165, 1.54) is 55.4 Å². The molecule has 1 heterocycles. The van der Waals surface area contributed by atoms with Crippen molar-refractivity contribution in [1.82, 2.24) is 5.32 Å². The molecule has 3 rings (SSSR count). The van der Waals surface area contributed by atoms with Gasteiger partial charge in [-0.1, -0.05) is 13.3 Å². The highest BCUT2D eigenvalue weighted by atomic mass is 32.1. The molecule has 1 amide bonds. The summed E-state index contributed by atoms with van der Waals surface area (Å²) in [6.07, 6.45) is 7.60. The molecule has 2 saturated carbocycles. The number of carbonyl (C=O) groups is 1. The van der Waals surface area contributed by atoms with Crippen LogP contribution in [0.15, 0.2) is 0 Å². The van der Waals surface area contributed by atoms with E-state index in [0.29, 0.717) is 21.9 Å². The fourth-order valence-corrected chi connectivity index (χ4v) is 4.40. The van der Waals surface area contributed by atoms with E-state index < -0.39 is 0 Å². The van der Waals surface area contributed by atoms with Crippen LogP contribution >= 0.6 is 11.3 Å².